The Balaban J connectivity index is 0.000000129. The van der Waals surface area contributed by atoms with Gasteiger partial charge in [0.2, 0.25) is 0 Å². The molecule has 0 atom stereocenters. The lowest BCUT2D eigenvalue weighted by molar-refractivity contribution is 1.64. The second-order valence-corrected chi connectivity index (χ2v) is 19.4. The summed E-state index contributed by atoms with van der Waals surface area (Å²) in [5.74, 6) is 0. The van der Waals surface area contributed by atoms with Crippen molar-refractivity contribution in [1.82, 2.24) is 0 Å². The van der Waals surface area contributed by atoms with E-state index in [2.05, 4.69) is 267 Å². The molecule has 16 aromatic carbocycles. The summed E-state index contributed by atoms with van der Waals surface area (Å²) < 4.78 is 0. The van der Waals surface area contributed by atoms with E-state index in [0.29, 0.717) is 0 Å². The van der Waals surface area contributed by atoms with Crippen LogP contribution in [0.2, 0.25) is 0 Å². The van der Waals surface area contributed by atoms with Gasteiger partial charge in [-0.2, -0.15) is 0 Å². The maximum atomic E-state index is 2.33. The van der Waals surface area contributed by atoms with Crippen LogP contribution in [-0.4, -0.2) is 0 Å². The predicted octanol–water partition coefficient (Wildman–Crippen LogP) is 20.4. The van der Waals surface area contributed by atoms with Gasteiger partial charge in [-0.15, -0.1) is 0 Å². The van der Waals surface area contributed by atoms with Crippen molar-refractivity contribution in [2.75, 3.05) is 0 Å². The summed E-state index contributed by atoms with van der Waals surface area (Å²) >= 11 is 0. The molecule has 0 bridgehead atoms. The molecule has 0 heteroatoms. The van der Waals surface area contributed by atoms with Gasteiger partial charge in [-0.05, 0) is 158 Å². The Kier molecular flexibility index (Phi) is 9.06. The van der Waals surface area contributed by atoms with Gasteiger partial charge in [0.1, 0.15) is 0 Å². The van der Waals surface area contributed by atoms with E-state index in [-0.39, 0.29) is 0 Å². The number of rotatable bonds is 4. The van der Waals surface area contributed by atoms with Crippen LogP contribution in [0.3, 0.4) is 0 Å². The molecule has 0 unspecified atom stereocenters. The van der Waals surface area contributed by atoms with Crippen LogP contribution >= 0.6 is 0 Å². The number of benzene rings is 16. The van der Waals surface area contributed by atoms with Crippen LogP contribution in [0.1, 0.15) is 0 Å². The van der Waals surface area contributed by atoms with Crippen LogP contribution in [0, 0.1) is 0 Å². The average molecular weight is 909 g/mol. The molecule has 0 fully saturated rings. The highest BCUT2D eigenvalue weighted by Gasteiger charge is 2.19. The second kappa shape index (κ2) is 16.1. The highest BCUT2D eigenvalue weighted by atomic mass is 14.2. The summed E-state index contributed by atoms with van der Waals surface area (Å²) in [6.45, 7) is 0. The van der Waals surface area contributed by atoms with Crippen molar-refractivity contribution in [3.8, 4) is 44.5 Å². The topological polar surface area (TPSA) is 0 Å². The van der Waals surface area contributed by atoms with E-state index in [1.54, 1.807) is 0 Å². The Morgan fingerprint density at radius 3 is 1.03 bits per heavy atom. The van der Waals surface area contributed by atoms with Crippen LogP contribution in [0.4, 0.5) is 0 Å². The average Bonchev–Trinajstić information content (AvgIpc) is 3.45. The molecule has 0 aliphatic carbocycles. The maximum Gasteiger partial charge on any atom is -0.00201 e. The van der Waals surface area contributed by atoms with E-state index in [0.717, 1.165) is 0 Å². The summed E-state index contributed by atoms with van der Waals surface area (Å²) in [6.07, 6.45) is 0. The first-order chi connectivity index (χ1) is 35.7. The lowest BCUT2D eigenvalue weighted by Gasteiger charge is -2.19. The molecular formula is C72H44. The molecule has 0 aromatic heterocycles. The highest BCUT2D eigenvalue weighted by molar-refractivity contribution is 6.28. The van der Waals surface area contributed by atoms with Gasteiger partial charge < -0.3 is 0 Å². The van der Waals surface area contributed by atoms with Gasteiger partial charge in [0.25, 0.3) is 0 Å². The monoisotopic (exact) mass is 908 g/mol. The molecule has 0 radical (unpaired) electrons. The molecule has 0 aliphatic rings. The third kappa shape index (κ3) is 6.26. The second-order valence-electron chi connectivity index (χ2n) is 19.4. The highest BCUT2D eigenvalue weighted by Crippen LogP contribution is 2.46. The molecule has 332 valence electrons. The van der Waals surface area contributed by atoms with E-state index < -0.39 is 0 Å². The Morgan fingerprint density at radius 2 is 0.500 bits per heavy atom. The van der Waals surface area contributed by atoms with E-state index >= 15 is 0 Å². The van der Waals surface area contributed by atoms with E-state index in [1.165, 1.54) is 152 Å². The third-order valence-electron chi connectivity index (χ3n) is 15.6. The molecule has 0 saturated carbocycles. The van der Waals surface area contributed by atoms with E-state index in [9.17, 15) is 0 Å². The standard InChI is InChI=1S/C38H22.C34H22/c1-3-25-11-13-29-15-19-31(33-21-17-27(5-1)35(25)37(29)33)23-7-9-24(10-8-23)32-20-16-30-14-12-26-4-2-6-28-18-22-34(32)38(30)36(26)28;1-2-12-25-22-26(21-20-23(25)10-1)33-29-15-5-7-17-31(29)34(32-18-8-6-16-30(32)33)28-19-9-13-24-11-3-4-14-27(24)28/h1-22H;1-22H. The van der Waals surface area contributed by atoms with Gasteiger partial charge in [-0.25, -0.2) is 0 Å². The van der Waals surface area contributed by atoms with Crippen LogP contribution < -0.4 is 0 Å². The van der Waals surface area contributed by atoms with Gasteiger partial charge in [-0.3, -0.25) is 0 Å². The van der Waals surface area contributed by atoms with Crippen molar-refractivity contribution < 1.29 is 0 Å². The zero-order chi connectivity index (χ0) is 47.3. The fraction of sp³-hybridized carbons (Fsp3) is 0. The van der Waals surface area contributed by atoms with Gasteiger partial charge >= 0.3 is 0 Å². The molecule has 0 N–H and O–H groups in total. The smallest absolute Gasteiger partial charge is 0.00201 e. The summed E-state index contributed by atoms with van der Waals surface area (Å²) in [5.41, 5.74) is 10.3. The molecule has 16 rings (SSSR count). The molecule has 0 saturated heterocycles. The Bertz CT molecular complexity index is 4520. The van der Waals surface area contributed by atoms with Crippen molar-refractivity contribution in [3.05, 3.63) is 267 Å². The largest absolute Gasteiger partial charge is 0.0616 e. The van der Waals surface area contributed by atoms with Gasteiger partial charge in [0, 0.05) is 0 Å². The third-order valence-corrected chi connectivity index (χ3v) is 15.6. The predicted molar refractivity (Wildman–Crippen MR) is 312 cm³/mol. The number of hydrogen-bond donors (Lipinski definition) is 0. The Morgan fingerprint density at radius 1 is 0.153 bits per heavy atom. The van der Waals surface area contributed by atoms with Crippen LogP contribution in [0.5, 0.6) is 0 Å². The van der Waals surface area contributed by atoms with Crippen LogP contribution in [0.15, 0.2) is 267 Å². The molecular weight excluding hydrogens is 865 g/mol. The Hall–Kier alpha value is -9.36. The van der Waals surface area contributed by atoms with Crippen LogP contribution in [-0.2, 0) is 0 Å². The zero-order valence-electron chi connectivity index (χ0n) is 39.4. The molecule has 0 spiro atoms. The summed E-state index contributed by atoms with van der Waals surface area (Å²) in [6, 6.07) is 98.2. The zero-order valence-corrected chi connectivity index (χ0v) is 39.4. The molecule has 0 heterocycles. The van der Waals surface area contributed by atoms with Crippen molar-refractivity contribution >= 4 is 108 Å². The molecule has 0 aliphatic heterocycles. The number of hydrogen-bond acceptors (Lipinski definition) is 0. The number of fused-ring (bicyclic) bond motifs is 4. The van der Waals surface area contributed by atoms with Gasteiger partial charge in [0.15, 0.2) is 0 Å². The first-order valence-electron chi connectivity index (χ1n) is 25.1. The quantitative estimate of drug-likeness (QED) is 0.122. The van der Waals surface area contributed by atoms with Crippen LogP contribution in [0.25, 0.3) is 152 Å². The molecule has 0 nitrogen and oxygen atoms in total. The molecule has 0 amide bonds. The summed E-state index contributed by atoms with van der Waals surface area (Å²) in [7, 11) is 0. The first kappa shape index (κ1) is 40.5. The fourth-order valence-corrected chi connectivity index (χ4v) is 12.3. The first-order valence-corrected chi connectivity index (χ1v) is 25.1. The minimum atomic E-state index is 1.25. The van der Waals surface area contributed by atoms with Crippen molar-refractivity contribution in [3.63, 3.8) is 0 Å². The lowest BCUT2D eigenvalue weighted by atomic mass is 9.84. The Labute approximate surface area is 416 Å². The maximum absolute atomic E-state index is 2.33. The minimum absolute atomic E-state index is 1.25. The van der Waals surface area contributed by atoms with Crippen molar-refractivity contribution in [2.24, 2.45) is 0 Å². The van der Waals surface area contributed by atoms with Crippen molar-refractivity contribution in [2.45, 2.75) is 0 Å². The van der Waals surface area contributed by atoms with E-state index in [1.807, 2.05) is 0 Å². The molecule has 16 aromatic rings. The van der Waals surface area contributed by atoms with Gasteiger partial charge in [0.05, 0.1) is 0 Å². The normalized spacial score (nSPS) is 11.9. The summed E-state index contributed by atoms with van der Waals surface area (Å²) in [4.78, 5) is 0. The van der Waals surface area contributed by atoms with Gasteiger partial charge in [-0.1, -0.05) is 261 Å². The molecule has 72 heavy (non-hydrogen) atoms. The fourth-order valence-electron chi connectivity index (χ4n) is 12.3. The van der Waals surface area contributed by atoms with E-state index in [4.69, 9.17) is 0 Å². The SMILES string of the molecule is c1cc2ccc3ccc(-c4ccc(-c5ccc6ccc7cccc8ccc5c6c78)cc4)c4ccc(c1)c2c34.c1ccc2cc(-c3c4ccccc4c(-c4cccc5ccccc45)c4ccccc34)ccc2c1. The van der Waals surface area contributed by atoms with Crippen molar-refractivity contribution in [1.29, 1.82) is 0 Å². The lowest BCUT2D eigenvalue weighted by Crippen LogP contribution is -1.91. The summed E-state index contributed by atoms with van der Waals surface area (Å²) in [5, 5.41) is 26.2. The minimum Gasteiger partial charge on any atom is -0.0616 e.